The first-order chi connectivity index (χ1) is 20.2. The molecule has 0 saturated carbocycles. The number of amides is 4. The van der Waals surface area contributed by atoms with Crippen LogP contribution in [0.3, 0.4) is 0 Å². The van der Waals surface area contributed by atoms with E-state index in [0.29, 0.717) is 5.56 Å². The van der Waals surface area contributed by atoms with E-state index in [1.165, 1.54) is 33.0 Å². The van der Waals surface area contributed by atoms with Crippen LogP contribution in [0, 0.1) is 11.6 Å². The molecule has 3 aromatic rings. The number of hydrogen-bond donors (Lipinski definition) is 2. The zero-order valence-electron chi connectivity index (χ0n) is 22.8. The van der Waals surface area contributed by atoms with Crippen LogP contribution in [0.15, 0.2) is 85.5 Å². The standard InChI is InChI=1S/C31H31F2N5O4/c1-2-14-36(31(42)34-17-22-6-4-3-5-7-22)37-20-29(40)38-27(15-21-8-11-25(39)12-9-21)30(41)35(19-28(37)38)18-23-16-24(32)10-13-26(23)33/h2-13,16,27-28,39H,1,14-15,17-20H2,(H,34,42)/t27-,28+/m0/s1. The topological polar surface area (TPSA) is 96.4 Å². The molecule has 5 rings (SSSR count). The summed E-state index contributed by atoms with van der Waals surface area (Å²) in [6.07, 6.45) is 0.909. The SMILES string of the molecule is C=CCN(C(=O)NCc1ccccc1)N1CC(=O)N2[C@@H](Cc3ccc(O)cc3)C(=O)N(Cc3cc(F)ccc3F)C[C@@H]21. The first-order valence-electron chi connectivity index (χ1n) is 13.5. The van der Waals surface area contributed by atoms with Crippen molar-refractivity contribution >= 4 is 17.8 Å². The predicted molar refractivity (Wildman–Crippen MR) is 150 cm³/mol. The van der Waals surface area contributed by atoms with E-state index < -0.39 is 35.8 Å². The van der Waals surface area contributed by atoms with E-state index in [0.717, 1.165) is 23.8 Å². The number of carbonyl (C=O) groups excluding carboxylic acids is 3. The van der Waals surface area contributed by atoms with Crippen LogP contribution in [0.2, 0.25) is 0 Å². The highest BCUT2D eigenvalue weighted by Crippen LogP contribution is 2.31. The van der Waals surface area contributed by atoms with Crippen molar-refractivity contribution in [1.29, 1.82) is 0 Å². The number of fused-ring (bicyclic) bond motifs is 1. The minimum absolute atomic E-state index is 0.000362. The minimum atomic E-state index is -0.972. The molecule has 2 heterocycles. The Morgan fingerprint density at radius 3 is 2.50 bits per heavy atom. The molecular weight excluding hydrogens is 544 g/mol. The van der Waals surface area contributed by atoms with E-state index in [1.54, 1.807) is 17.1 Å². The number of piperazine rings is 1. The Bertz CT molecular complexity index is 1470. The zero-order valence-corrected chi connectivity index (χ0v) is 22.8. The van der Waals surface area contributed by atoms with Gasteiger partial charge in [0.15, 0.2) is 0 Å². The van der Waals surface area contributed by atoms with Gasteiger partial charge in [0, 0.05) is 25.1 Å². The second-order valence-corrected chi connectivity index (χ2v) is 10.2. The van der Waals surface area contributed by atoms with Crippen LogP contribution < -0.4 is 5.32 Å². The lowest BCUT2D eigenvalue weighted by molar-refractivity contribution is -0.157. The lowest BCUT2D eigenvalue weighted by Gasteiger charge is -2.46. The molecule has 0 unspecified atom stereocenters. The van der Waals surface area contributed by atoms with Gasteiger partial charge in [0.2, 0.25) is 11.8 Å². The average molecular weight is 576 g/mol. The molecule has 42 heavy (non-hydrogen) atoms. The van der Waals surface area contributed by atoms with Crippen LogP contribution in [-0.2, 0) is 29.1 Å². The zero-order chi connectivity index (χ0) is 29.8. The Labute approximate surface area is 242 Å². The highest BCUT2D eigenvalue weighted by molar-refractivity contribution is 5.91. The molecule has 3 aromatic carbocycles. The third kappa shape index (κ3) is 6.10. The molecule has 9 nitrogen and oxygen atoms in total. The maximum absolute atomic E-state index is 14.6. The van der Waals surface area contributed by atoms with Crippen LogP contribution in [-0.4, -0.2) is 74.6 Å². The summed E-state index contributed by atoms with van der Waals surface area (Å²) in [4.78, 5) is 43.6. The van der Waals surface area contributed by atoms with Gasteiger partial charge in [0.05, 0.1) is 19.6 Å². The molecule has 2 atom stereocenters. The number of halogens is 2. The Morgan fingerprint density at radius 2 is 1.79 bits per heavy atom. The fourth-order valence-electron chi connectivity index (χ4n) is 5.41. The number of hydrogen-bond acceptors (Lipinski definition) is 5. The molecule has 2 fully saturated rings. The van der Waals surface area contributed by atoms with Crippen LogP contribution in [0.5, 0.6) is 5.75 Å². The first kappa shape index (κ1) is 28.7. The molecule has 218 valence electrons. The number of phenolic OH excluding ortho intramolecular Hbond substituents is 1. The van der Waals surface area contributed by atoms with Crippen molar-refractivity contribution in [2.24, 2.45) is 0 Å². The maximum Gasteiger partial charge on any atom is 0.332 e. The Morgan fingerprint density at radius 1 is 1.05 bits per heavy atom. The van der Waals surface area contributed by atoms with Gasteiger partial charge < -0.3 is 20.2 Å². The van der Waals surface area contributed by atoms with Gasteiger partial charge in [0.25, 0.3) is 0 Å². The van der Waals surface area contributed by atoms with Crippen molar-refractivity contribution in [3.05, 3.63) is 114 Å². The highest BCUT2D eigenvalue weighted by atomic mass is 19.1. The molecule has 11 heteroatoms. The van der Waals surface area contributed by atoms with Crippen molar-refractivity contribution in [2.45, 2.75) is 31.7 Å². The number of phenols is 1. The van der Waals surface area contributed by atoms with Crippen molar-refractivity contribution in [3.63, 3.8) is 0 Å². The Hall–Kier alpha value is -4.77. The molecule has 2 saturated heterocycles. The summed E-state index contributed by atoms with van der Waals surface area (Å²) < 4.78 is 28.6. The summed E-state index contributed by atoms with van der Waals surface area (Å²) in [6.45, 7) is 3.69. The average Bonchev–Trinajstić information content (AvgIpc) is 3.31. The summed E-state index contributed by atoms with van der Waals surface area (Å²) in [7, 11) is 0. The summed E-state index contributed by atoms with van der Waals surface area (Å²) in [5.41, 5.74) is 1.59. The number of urea groups is 1. The Balaban J connectivity index is 1.45. The number of hydrazine groups is 1. The molecule has 2 N–H and O–H groups in total. The van der Waals surface area contributed by atoms with Gasteiger partial charge in [-0.1, -0.05) is 48.5 Å². The number of aromatic hydroxyl groups is 1. The highest BCUT2D eigenvalue weighted by Gasteiger charge is 2.52. The smallest absolute Gasteiger partial charge is 0.332 e. The fraction of sp³-hybridized carbons (Fsp3) is 0.258. The molecule has 0 bridgehead atoms. The minimum Gasteiger partial charge on any atom is -0.508 e. The molecule has 0 spiro atoms. The van der Waals surface area contributed by atoms with Crippen molar-refractivity contribution in [3.8, 4) is 5.75 Å². The number of carbonyl (C=O) groups is 3. The molecule has 0 aromatic heterocycles. The number of benzene rings is 3. The van der Waals surface area contributed by atoms with Gasteiger partial charge in [-0.05, 0) is 41.5 Å². The summed E-state index contributed by atoms with van der Waals surface area (Å²) >= 11 is 0. The van der Waals surface area contributed by atoms with Crippen LogP contribution in [0.1, 0.15) is 16.7 Å². The van der Waals surface area contributed by atoms with E-state index >= 15 is 0 Å². The lowest BCUT2D eigenvalue weighted by atomic mass is 9.99. The quantitative estimate of drug-likeness (QED) is 0.382. The number of nitrogens with one attached hydrogen (secondary N) is 1. The maximum atomic E-state index is 14.6. The number of rotatable bonds is 9. The molecule has 2 aliphatic heterocycles. The molecule has 2 aliphatic rings. The monoisotopic (exact) mass is 575 g/mol. The molecule has 0 aliphatic carbocycles. The van der Waals surface area contributed by atoms with Crippen LogP contribution in [0.4, 0.5) is 13.6 Å². The molecule has 4 amide bonds. The van der Waals surface area contributed by atoms with E-state index in [2.05, 4.69) is 11.9 Å². The normalized spacial score (nSPS) is 18.6. The van der Waals surface area contributed by atoms with Crippen LogP contribution in [0.25, 0.3) is 0 Å². The van der Waals surface area contributed by atoms with E-state index in [4.69, 9.17) is 0 Å². The van der Waals surface area contributed by atoms with Crippen molar-refractivity contribution in [2.75, 3.05) is 19.6 Å². The van der Waals surface area contributed by atoms with Gasteiger partial charge in [-0.25, -0.2) is 13.6 Å². The van der Waals surface area contributed by atoms with Gasteiger partial charge in [-0.15, -0.1) is 6.58 Å². The molecule has 0 radical (unpaired) electrons. The second kappa shape index (κ2) is 12.4. The first-order valence-corrected chi connectivity index (χ1v) is 13.5. The van der Waals surface area contributed by atoms with Gasteiger partial charge >= 0.3 is 6.03 Å². The summed E-state index contributed by atoms with van der Waals surface area (Å²) in [6, 6.07) is 17.3. The van der Waals surface area contributed by atoms with Gasteiger partial charge in [0.1, 0.15) is 29.6 Å². The fourth-order valence-corrected chi connectivity index (χ4v) is 5.41. The van der Waals surface area contributed by atoms with Crippen molar-refractivity contribution < 1.29 is 28.3 Å². The summed E-state index contributed by atoms with van der Waals surface area (Å²) in [5.74, 6) is -2.02. The van der Waals surface area contributed by atoms with Gasteiger partial charge in [-0.2, -0.15) is 5.01 Å². The summed E-state index contributed by atoms with van der Waals surface area (Å²) in [5, 5.41) is 15.6. The van der Waals surface area contributed by atoms with E-state index in [1.807, 2.05) is 30.3 Å². The Kier molecular flexibility index (Phi) is 8.48. The van der Waals surface area contributed by atoms with E-state index in [9.17, 15) is 28.3 Å². The van der Waals surface area contributed by atoms with Crippen LogP contribution >= 0.6 is 0 Å². The molecular formula is C31H31F2N5O4. The lowest BCUT2D eigenvalue weighted by Crippen LogP contribution is -2.66. The predicted octanol–water partition coefficient (Wildman–Crippen LogP) is 3.41. The largest absolute Gasteiger partial charge is 0.508 e. The number of nitrogens with zero attached hydrogens (tertiary/aromatic N) is 4. The van der Waals surface area contributed by atoms with E-state index in [-0.39, 0.29) is 56.4 Å². The van der Waals surface area contributed by atoms with Gasteiger partial charge in [-0.3, -0.25) is 14.6 Å². The second-order valence-electron chi connectivity index (χ2n) is 10.2. The van der Waals surface area contributed by atoms with Crippen molar-refractivity contribution in [1.82, 2.24) is 25.1 Å². The third-order valence-electron chi connectivity index (χ3n) is 7.43. The third-order valence-corrected chi connectivity index (χ3v) is 7.43.